The second kappa shape index (κ2) is 7.87. The number of anilines is 1. The Morgan fingerprint density at radius 2 is 1.74 bits per heavy atom. The summed E-state index contributed by atoms with van der Waals surface area (Å²) in [6.45, 7) is 0.617. The number of hydrogen-bond donors (Lipinski definition) is 1. The Morgan fingerprint density at radius 3 is 2.45 bits per heavy atom. The van der Waals surface area contributed by atoms with Crippen LogP contribution in [0.25, 0.3) is 22.4 Å². The number of fused-ring (bicyclic) bond motifs is 1. The molecule has 1 amide bonds. The number of amides is 1. The fourth-order valence-electron chi connectivity index (χ4n) is 3.57. The first-order valence-corrected chi connectivity index (χ1v) is 9.92. The van der Waals surface area contributed by atoms with Crippen LogP contribution in [-0.2, 0) is 13.6 Å². The van der Waals surface area contributed by atoms with Crippen molar-refractivity contribution in [3.05, 3.63) is 96.6 Å². The van der Waals surface area contributed by atoms with Crippen LogP contribution >= 0.6 is 0 Å². The van der Waals surface area contributed by atoms with Gasteiger partial charge < -0.3 is 9.88 Å². The molecule has 7 nitrogen and oxygen atoms in total. The van der Waals surface area contributed by atoms with Crippen molar-refractivity contribution < 1.29 is 4.79 Å². The van der Waals surface area contributed by atoms with E-state index in [9.17, 15) is 4.79 Å². The first-order valence-electron chi connectivity index (χ1n) is 9.92. The largest absolute Gasteiger partial charge is 0.327 e. The number of para-hydroxylation sites is 2. The molecular formula is C24H20N6O. The zero-order valence-corrected chi connectivity index (χ0v) is 16.9. The molecule has 7 heteroatoms. The average Bonchev–Trinajstić information content (AvgIpc) is 3.43. The molecule has 0 aliphatic heterocycles. The highest BCUT2D eigenvalue weighted by Gasteiger charge is 2.10. The summed E-state index contributed by atoms with van der Waals surface area (Å²) in [5, 5.41) is 7.04. The van der Waals surface area contributed by atoms with Gasteiger partial charge in [-0.1, -0.05) is 24.3 Å². The number of hydrogen-bond acceptors (Lipinski definition) is 4. The van der Waals surface area contributed by atoms with Gasteiger partial charge in [0.05, 0.1) is 17.6 Å². The summed E-state index contributed by atoms with van der Waals surface area (Å²) < 4.78 is 3.81. The van der Waals surface area contributed by atoms with E-state index < -0.39 is 0 Å². The van der Waals surface area contributed by atoms with E-state index in [4.69, 9.17) is 4.98 Å². The maximum atomic E-state index is 12.6. The molecule has 0 radical (unpaired) electrons. The molecule has 0 aliphatic carbocycles. The Kier molecular flexibility index (Phi) is 4.76. The lowest BCUT2D eigenvalue weighted by molar-refractivity contribution is 0.102. The number of imidazole rings is 1. The molecule has 152 valence electrons. The third kappa shape index (κ3) is 3.81. The molecule has 0 aliphatic rings. The van der Waals surface area contributed by atoms with Gasteiger partial charge in [-0.15, -0.1) is 0 Å². The Labute approximate surface area is 179 Å². The maximum Gasteiger partial charge on any atom is 0.255 e. The van der Waals surface area contributed by atoms with E-state index in [1.165, 1.54) is 6.33 Å². The quantitative estimate of drug-likeness (QED) is 0.474. The van der Waals surface area contributed by atoms with Gasteiger partial charge in [0.25, 0.3) is 5.91 Å². The van der Waals surface area contributed by atoms with Gasteiger partial charge in [0.15, 0.2) is 0 Å². The third-order valence-electron chi connectivity index (χ3n) is 5.22. The standard InChI is InChI=1S/C24H20N6O/c1-29-22-5-3-2-4-21(22)28-23(29)18-10-12-20(13-11-18)27-24(31)19-8-6-17(7-9-19)14-30-16-25-15-26-30/h2-13,15-16H,14H2,1H3,(H,27,31). The molecule has 0 bridgehead atoms. The van der Waals surface area contributed by atoms with Gasteiger partial charge in [-0.3, -0.25) is 4.79 Å². The summed E-state index contributed by atoms with van der Waals surface area (Å²) in [5.74, 6) is 0.741. The van der Waals surface area contributed by atoms with Crippen LogP contribution in [0, 0.1) is 0 Å². The normalized spacial score (nSPS) is 11.0. The number of nitrogens with zero attached hydrogens (tertiary/aromatic N) is 5. The molecule has 5 aromatic rings. The number of aryl methyl sites for hydroxylation is 1. The Balaban J connectivity index is 1.29. The van der Waals surface area contributed by atoms with Crippen molar-refractivity contribution in [2.45, 2.75) is 6.54 Å². The van der Waals surface area contributed by atoms with Crippen LogP contribution in [-0.4, -0.2) is 30.2 Å². The van der Waals surface area contributed by atoms with E-state index >= 15 is 0 Å². The number of benzene rings is 3. The second-order valence-corrected chi connectivity index (χ2v) is 7.30. The summed E-state index contributed by atoms with van der Waals surface area (Å²) in [6.07, 6.45) is 3.17. The van der Waals surface area contributed by atoms with Gasteiger partial charge >= 0.3 is 0 Å². The zero-order valence-electron chi connectivity index (χ0n) is 16.9. The van der Waals surface area contributed by atoms with Crippen LogP contribution < -0.4 is 5.32 Å². The first kappa shape index (κ1) is 18.7. The minimum Gasteiger partial charge on any atom is -0.327 e. The van der Waals surface area contributed by atoms with Gasteiger partial charge in [0.1, 0.15) is 18.5 Å². The van der Waals surface area contributed by atoms with Crippen molar-refractivity contribution >= 4 is 22.6 Å². The number of carbonyl (C=O) groups excluding carboxylic acids is 1. The maximum absolute atomic E-state index is 12.6. The van der Waals surface area contributed by atoms with Crippen LogP contribution in [0.1, 0.15) is 15.9 Å². The minimum atomic E-state index is -0.150. The average molecular weight is 408 g/mol. The van der Waals surface area contributed by atoms with Crippen LogP contribution in [0.2, 0.25) is 0 Å². The highest BCUT2D eigenvalue weighted by atomic mass is 16.1. The van der Waals surface area contributed by atoms with Crippen molar-refractivity contribution in [2.24, 2.45) is 7.05 Å². The van der Waals surface area contributed by atoms with Crippen molar-refractivity contribution in [2.75, 3.05) is 5.32 Å². The van der Waals surface area contributed by atoms with E-state index in [1.807, 2.05) is 73.8 Å². The molecule has 2 aromatic heterocycles. The summed E-state index contributed by atoms with van der Waals surface area (Å²) >= 11 is 0. The highest BCUT2D eigenvalue weighted by Crippen LogP contribution is 2.25. The van der Waals surface area contributed by atoms with Gasteiger partial charge in [0.2, 0.25) is 0 Å². The SMILES string of the molecule is Cn1c(-c2ccc(NC(=O)c3ccc(Cn4cncn4)cc3)cc2)nc2ccccc21. The number of carbonyl (C=O) groups is 1. The fourth-order valence-corrected chi connectivity index (χ4v) is 3.57. The summed E-state index contributed by atoms with van der Waals surface area (Å²) in [5.41, 5.74) is 5.43. The minimum absolute atomic E-state index is 0.150. The third-order valence-corrected chi connectivity index (χ3v) is 5.22. The molecule has 0 saturated heterocycles. The van der Waals surface area contributed by atoms with Crippen LogP contribution in [0.3, 0.4) is 0 Å². The van der Waals surface area contributed by atoms with E-state index in [2.05, 4.69) is 26.0 Å². The predicted molar refractivity (Wildman–Crippen MR) is 120 cm³/mol. The van der Waals surface area contributed by atoms with Gasteiger partial charge in [-0.2, -0.15) is 5.10 Å². The molecule has 5 rings (SSSR count). The Morgan fingerprint density at radius 1 is 0.968 bits per heavy atom. The van der Waals surface area contributed by atoms with Gasteiger partial charge in [-0.05, 0) is 54.1 Å². The molecule has 3 aromatic carbocycles. The van der Waals surface area contributed by atoms with Gasteiger partial charge in [0, 0.05) is 23.9 Å². The lowest BCUT2D eigenvalue weighted by Gasteiger charge is -2.08. The monoisotopic (exact) mass is 408 g/mol. The van der Waals surface area contributed by atoms with Crippen molar-refractivity contribution in [3.8, 4) is 11.4 Å². The zero-order chi connectivity index (χ0) is 21.2. The van der Waals surface area contributed by atoms with E-state index in [1.54, 1.807) is 11.0 Å². The van der Waals surface area contributed by atoms with E-state index in [-0.39, 0.29) is 5.91 Å². The molecule has 2 heterocycles. The van der Waals surface area contributed by atoms with Crippen LogP contribution in [0.4, 0.5) is 5.69 Å². The van der Waals surface area contributed by atoms with Crippen molar-refractivity contribution in [1.29, 1.82) is 0 Å². The fraction of sp³-hybridized carbons (Fsp3) is 0.0833. The lowest BCUT2D eigenvalue weighted by atomic mass is 10.1. The van der Waals surface area contributed by atoms with Crippen molar-refractivity contribution in [1.82, 2.24) is 24.3 Å². The molecule has 0 saturated carbocycles. The summed E-state index contributed by atoms with van der Waals surface area (Å²) in [7, 11) is 2.01. The molecule has 0 unspecified atom stereocenters. The van der Waals surface area contributed by atoms with Crippen LogP contribution in [0.15, 0.2) is 85.5 Å². The molecule has 1 N–H and O–H groups in total. The topological polar surface area (TPSA) is 77.6 Å². The van der Waals surface area contributed by atoms with Crippen molar-refractivity contribution in [3.63, 3.8) is 0 Å². The van der Waals surface area contributed by atoms with Gasteiger partial charge in [-0.25, -0.2) is 14.6 Å². The molecule has 0 fully saturated rings. The lowest BCUT2D eigenvalue weighted by Crippen LogP contribution is -2.12. The number of nitrogens with one attached hydrogen (secondary N) is 1. The number of aromatic nitrogens is 5. The Hall–Kier alpha value is -4.26. The highest BCUT2D eigenvalue weighted by molar-refractivity contribution is 6.04. The summed E-state index contributed by atoms with van der Waals surface area (Å²) in [6, 6.07) is 23.3. The first-order chi connectivity index (χ1) is 15.2. The Bertz CT molecular complexity index is 1340. The smallest absolute Gasteiger partial charge is 0.255 e. The van der Waals surface area contributed by atoms with Crippen LogP contribution in [0.5, 0.6) is 0 Å². The molecule has 31 heavy (non-hydrogen) atoms. The van der Waals surface area contributed by atoms with E-state index in [0.717, 1.165) is 33.7 Å². The predicted octanol–water partition coefficient (Wildman–Crippen LogP) is 4.13. The van der Waals surface area contributed by atoms with E-state index in [0.29, 0.717) is 12.1 Å². The molecule has 0 spiro atoms. The molecular weight excluding hydrogens is 388 g/mol. The molecule has 0 atom stereocenters. The number of rotatable bonds is 5. The summed E-state index contributed by atoms with van der Waals surface area (Å²) in [4.78, 5) is 21.3. The second-order valence-electron chi connectivity index (χ2n) is 7.30.